The molecule has 0 fully saturated rings. The topological polar surface area (TPSA) is 87.7 Å². The molecule has 0 bridgehead atoms. The predicted octanol–water partition coefficient (Wildman–Crippen LogP) is 4.79. The number of aryl methyl sites for hydroxylation is 1. The Balaban J connectivity index is 1.52. The van der Waals surface area contributed by atoms with Gasteiger partial charge in [-0.25, -0.2) is 4.98 Å². The number of ether oxygens (including phenoxy) is 1. The number of oxazole rings is 1. The Morgan fingerprint density at radius 3 is 3.00 bits per heavy atom. The van der Waals surface area contributed by atoms with E-state index in [0.717, 1.165) is 29.5 Å². The van der Waals surface area contributed by atoms with Crippen molar-refractivity contribution in [1.29, 1.82) is 5.26 Å². The fraction of sp³-hybridized carbons (Fsp3) is 0.227. The van der Waals surface area contributed by atoms with Crippen LogP contribution in [0.3, 0.4) is 0 Å². The molecule has 0 radical (unpaired) electrons. The third-order valence-electron chi connectivity index (χ3n) is 5.43. The Labute approximate surface area is 161 Å². The molecule has 4 aromatic rings. The fourth-order valence-electron chi connectivity index (χ4n) is 3.92. The lowest BCUT2D eigenvalue weighted by Gasteiger charge is -2.32. The van der Waals surface area contributed by atoms with Crippen molar-refractivity contribution in [3.8, 4) is 23.3 Å². The van der Waals surface area contributed by atoms with E-state index in [9.17, 15) is 5.26 Å². The second-order valence-electron chi connectivity index (χ2n) is 7.23. The van der Waals surface area contributed by atoms with Gasteiger partial charge in [-0.3, -0.25) is 5.10 Å². The Morgan fingerprint density at radius 1 is 1.25 bits per heavy atom. The van der Waals surface area contributed by atoms with Crippen LogP contribution in [0.15, 0.2) is 53.4 Å². The molecule has 0 amide bonds. The minimum absolute atomic E-state index is 0.0467. The molecule has 138 valence electrons. The van der Waals surface area contributed by atoms with Crippen molar-refractivity contribution in [3.63, 3.8) is 0 Å². The van der Waals surface area contributed by atoms with Crippen LogP contribution in [-0.4, -0.2) is 15.2 Å². The van der Waals surface area contributed by atoms with E-state index in [4.69, 9.17) is 9.15 Å². The van der Waals surface area contributed by atoms with Crippen LogP contribution in [0.5, 0.6) is 5.75 Å². The maximum absolute atomic E-state index is 9.17. The second-order valence-corrected chi connectivity index (χ2v) is 7.23. The molecule has 0 saturated carbocycles. The van der Waals surface area contributed by atoms with Crippen molar-refractivity contribution in [1.82, 2.24) is 15.2 Å². The fourth-order valence-corrected chi connectivity index (χ4v) is 3.92. The van der Waals surface area contributed by atoms with Crippen molar-refractivity contribution in [2.24, 2.45) is 5.92 Å². The van der Waals surface area contributed by atoms with Gasteiger partial charge in [-0.05, 0) is 60.2 Å². The Morgan fingerprint density at radius 2 is 2.18 bits per heavy atom. The molecular weight excluding hydrogens is 352 g/mol. The van der Waals surface area contributed by atoms with Gasteiger partial charge in [0.25, 0.3) is 0 Å². The maximum atomic E-state index is 9.17. The molecule has 2 aromatic carbocycles. The number of fused-ring (bicyclic) bond motifs is 2. The first-order chi connectivity index (χ1) is 13.7. The largest absolute Gasteiger partial charge is 0.485 e. The average molecular weight is 370 g/mol. The highest BCUT2D eigenvalue weighted by atomic mass is 16.5. The van der Waals surface area contributed by atoms with Gasteiger partial charge in [-0.2, -0.15) is 10.4 Å². The Kier molecular flexibility index (Phi) is 3.87. The molecule has 28 heavy (non-hydrogen) atoms. The van der Waals surface area contributed by atoms with Gasteiger partial charge in [0.2, 0.25) is 0 Å². The summed E-state index contributed by atoms with van der Waals surface area (Å²) in [7, 11) is 0. The SMILES string of the molecule is CC1CCc2cc(C#N)ccc2C1Oc1ccc2[nH]nc(-c3cnco3)c2c1. The highest BCUT2D eigenvalue weighted by Gasteiger charge is 2.28. The van der Waals surface area contributed by atoms with Gasteiger partial charge in [0, 0.05) is 5.39 Å². The molecule has 5 rings (SSSR count). The molecule has 2 unspecified atom stereocenters. The number of nitrogens with one attached hydrogen (secondary N) is 1. The van der Waals surface area contributed by atoms with Crippen LogP contribution in [0.4, 0.5) is 0 Å². The van der Waals surface area contributed by atoms with E-state index in [1.165, 1.54) is 17.5 Å². The highest BCUT2D eigenvalue weighted by molar-refractivity contribution is 5.92. The number of hydrogen-bond donors (Lipinski definition) is 1. The van der Waals surface area contributed by atoms with E-state index < -0.39 is 0 Å². The molecule has 0 saturated heterocycles. The lowest BCUT2D eigenvalue weighted by molar-refractivity contribution is 0.129. The summed E-state index contributed by atoms with van der Waals surface area (Å²) in [5.41, 5.74) is 4.70. The summed E-state index contributed by atoms with van der Waals surface area (Å²) in [6.45, 7) is 2.21. The molecule has 2 aromatic heterocycles. The summed E-state index contributed by atoms with van der Waals surface area (Å²) in [6.07, 6.45) is 5.00. The van der Waals surface area contributed by atoms with Gasteiger partial charge in [0.1, 0.15) is 17.5 Å². The van der Waals surface area contributed by atoms with E-state index in [1.807, 2.05) is 36.4 Å². The monoisotopic (exact) mass is 370 g/mol. The molecule has 6 nitrogen and oxygen atoms in total. The van der Waals surface area contributed by atoms with E-state index in [2.05, 4.69) is 28.2 Å². The summed E-state index contributed by atoms with van der Waals surface area (Å²) in [5.74, 6) is 1.78. The van der Waals surface area contributed by atoms with Crippen molar-refractivity contribution in [2.75, 3.05) is 0 Å². The molecule has 2 atom stereocenters. The van der Waals surface area contributed by atoms with E-state index >= 15 is 0 Å². The Bertz CT molecular complexity index is 1190. The predicted molar refractivity (Wildman–Crippen MR) is 104 cm³/mol. The third kappa shape index (κ3) is 2.72. The molecule has 0 aliphatic heterocycles. The second kappa shape index (κ2) is 6.54. The normalized spacial score (nSPS) is 18.6. The molecular formula is C22H18N4O2. The van der Waals surface area contributed by atoms with Crippen LogP contribution in [0.25, 0.3) is 22.4 Å². The first-order valence-electron chi connectivity index (χ1n) is 9.29. The minimum Gasteiger partial charge on any atom is -0.485 e. The average Bonchev–Trinajstić information content (AvgIpc) is 3.39. The van der Waals surface area contributed by atoms with Crippen LogP contribution in [0, 0.1) is 17.2 Å². The van der Waals surface area contributed by atoms with Crippen molar-refractivity contribution < 1.29 is 9.15 Å². The van der Waals surface area contributed by atoms with Crippen LogP contribution in [0.1, 0.15) is 36.1 Å². The first-order valence-corrected chi connectivity index (χ1v) is 9.29. The summed E-state index contributed by atoms with van der Waals surface area (Å²) in [6, 6.07) is 14.0. The summed E-state index contributed by atoms with van der Waals surface area (Å²) >= 11 is 0. The number of H-pyrrole nitrogens is 1. The molecule has 1 N–H and O–H groups in total. The summed E-state index contributed by atoms with van der Waals surface area (Å²) in [4.78, 5) is 3.98. The number of benzene rings is 2. The molecule has 1 aliphatic rings. The molecule has 6 heteroatoms. The zero-order valence-electron chi connectivity index (χ0n) is 15.3. The van der Waals surface area contributed by atoms with E-state index in [1.54, 1.807) is 6.20 Å². The summed E-state index contributed by atoms with van der Waals surface area (Å²) < 4.78 is 11.8. The number of nitrogens with zero attached hydrogens (tertiary/aromatic N) is 3. The third-order valence-corrected chi connectivity index (χ3v) is 5.43. The first kappa shape index (κ1) is 16.6. The molecule has 0 spiro atoms. The lowest BCUT2D eigenvalue weighted by atomic mass is 9.81. The number of nitriles is 1. The number of aromatic amines is 1. The highest BCUT2D eigenvalue weighted by Crippen LogP contribution is 2.39. The maximum Gasteiger partial charge on any atom is 0.181 e. The van der Waals surface area contributed by atoms with Gasteiger partial charge >= 0.3 is 0 Å². The van der Waals surface area contributed by atoms with Crippen molar-refractivity contribution in [2.45, 2.75) is 25.9 Å². The van der Waals surface area contributed by atoms with Gasteiger partial charge < -0.3 is 9.15 Å². The Hall–Kier alpha value is -3.59. The quantitative estimate of drug-likeness (QED) is 0.560. The minimum atomic E-state index is -0.0467. The van der Waals surface area contributed by atoms with Crippen molar-refractivity contribution >= 4 is 10.9 Å². The lowest BCUT2D eigenvalue weighted by Crippen LogP contribution is -2.23. The van der Waals surface area contributed by atoms with Gasteiger partial charge in [0.05, 0.1) is 23.3 Å². The summed E-state index contributed by atoms with van der Waals surface area (Å²) in [5, 5.41) is 17.5. The zero-order valence-corrected chi connectivity index (χ0v) is 15.3. The van der Waals surface area contributed by atoms with E-state index in [0.29, 0.717) is 22.9 Å². The molecule has 2 heterocycles. The molecule has 1 aliphatic carbocycles. The van der Waals surface area contributed by atoms with E-state index in [-0.39, 0.29) is 6.10 Å². The van der Waals surface area contributed by atoms with Crippen LogP contribution >= 0.6 is 0 Å². The smallest absolute Gasteiger partial charge is 0.181 e. The van der Waals surface area contributed by atoms with Crippen molar-refractivity contribution in [3.05, 3.63) is 65.7 Å². The number of hydrogen-bond acceptors (Lipinski definition) is 5. The zero-order chi connectivity index (χ0) is 19.1. The number of aromatic nitrogens is 3. The van der Waals surface area contributed by atoms with Crippen LogP contribution in [-0.2, 0) is 6.42 Å². The van der Waals surface area contributed by atoms with Gasteiger partial charge in [-0.1, -0.05) is 13.0 Å². The van der Waals surface area contributed by atoms with Crippen LogP contribution < -0.4 is 4.74 Å². The standard InChI is InChI=1S/C22H18N4O2/c1-13-2-4-15-8-14(10-23)3-6-17(15)22(13)28-16-5-7-19-18(9-16)21(26-25-19)20-11-24-12-27-20/h3,5-9,11-13,22H,2,4H2,1H3,(H,25,26). The number of rotatable bonds is 3. The van der Waals surface area contributed by atoms with Gasteiger partial charge in [0.15, 0.2) is 12.2 Å². The van der Waals surface area contributed by atoms with Gasteiger partial charge in [-0.15, -0.1) is 0 Å². The van der Waals surface area contributed by atoms with Crippen LogP contribution in [0.2, 0.25) is 0 Å².